The Labute approximate surface area is 150 Å². The highest BCUT2D eigenvalue weighted by atomic mass is 35.5. The summed E-state index contributed by atoms with van der Waals surface area (Å²) in [5.41, 5.74) is 2.73. The maximum absolute atomic E-state index is 6.51. The highest BCUT2D eigenvalue weighted by molar-refractivity contribution is 6.23. The lowest BCUT2D eigenvalue weighted by Gasteiger charge is -2.20. The summed E-state index contributed by atoms with van der Waals surface area (Å²) in [6.07, 6.45) is 16.6. The summed E-state index contributed by atoms with van der Waals surface area (Å²) in [4.78, 5) is -0.256. The van der Waals surface area contributed by atoms with Gasteiger partial charge in [0.1, 0.15) is 0 Å². The molecule has 1 rings (SSSR count). The molecule has 0 unspecified atom stereocenters. The second-order valence-corrected chi connectivity index (χ2v) is 8.36. The SMILES string of the molecule is CCCCCCCCCCCCCc1ccccc1C(C)(C)Cl. The van der Waals surface area contributed by atoms with Gasteiger partial charge in [-0.1, -0.05) is 95.4 Å². The molecule has 0 aliphatic rings. The predicted molar refractivity (Wildman–Crippen MR) is 105 cm³/mol. The van der Waals surface area contributed by atoms with E-state index in [9.17, 15) is 0 Å². The molecule has 1 aromatic rings. The first-order chi connectivity index (χ1) is 11.1. The molecule has 0 fully saturated rings. The molecule has 23 heavy (non-hydrogen) atoms. The van der Waals surface area contributed by atoms with Crippen molar-refractivity contribution in [1.29, 1.82) is 0 Å². The van der Waals surface area contributed by atoms with E-state index in [-0.39, 0.29) is 4.87 Å². The van der Waals surface area contributed by atoms with Crippen LogP contribution < -0.4 is 0 Å². The number of aryl methyl sites for hydroxylation is 1. The molecule has 0 nitrogen and oxygen atoms in total. The molecule has 0 aliphatic heterocycles. The average Bonchev–Trinajstić information content (AvgIpc) is 2.52. The fraction of sp³-hybridized carbons (Fsp3) is 0.727. The zero-order chi connectivity index (χ0) is 17.0. The van der Waals surface area contributed by atoms with Gasteiger partial charge in [-0.15, -0.1) is 11.6 Å². The van der Waals surface area contributed by atoms with Gasteiger partial charge in [0.15, 0.2) is 0 Å². The van der Waals surface area contributed by atoms with E-state index in [2.05, 4.69) is 45.0 Å². The van der Waals surface area contributed by atoms with E-state index in [1.54, 1.807) is 0 Å². The molecule has 0 saturated heterocycles. The van der Waals surface area contributed by atoms with Crippen molar-refractivity contribution in [2.75, 3.05) is 0 Å². The fourth-order valence-electron chi connectivity index (χ4n) is 3.30. The van der Waals surface area contributed by atoms with Gasteiger partial charge in [0.25, 0.3) is 0 Å². The van der Waals surface area contributed by atoms with E-state index in [0.717, 1.165) is 0 Å². The largest absolute Gasteiger partial charge is 0.115 e. The van der Waals surface area contributed by atoms with Crippen LogP contribution in [0.1, 0.15) is 103 Å². The number of benzene rings is 1. The summed E-state index contributed by atoms with van der Waals surface area (Å²) in [5.74, 6) is 0. The van der Waals surface area contributed by atoms with E-state index in [1.165, 1.54) is 88.2 Å². The summed E-state index contributed by atoms with van der Waals surface area (Å²) < 4.78 is 0. The van der Waals surface area contributed by atoms with Crippen LogP contribution in [0.25, 0.3) is 0 Å². The third kappa shape index (κ3) is 9.40. The molecule has 132 valence electrons. The second-order valence-electron chi connectivity index (χ2n) is 7.42. The van der Waals surface area contributed by atoms with Crippen LogP contribution in [0.5, 0.6) is 0 Å². The van der Waals surface area contributed by atoms with Crippen LogP contribution in [0.15, 0.2) is 24.3 Å². The quantitative estimate of drug-likeness (QED) is 0.252. The monoisotopic (exact) mass is 336 g/mol. The number of hydrogen-bond acceptors (Lipinski definition) is 0. The van der Waals surface area contributed by atoms with Crippen molar-refractivity contribution in [3.05, 3.63) is 35.4 Å². The summed E-state index contributed by atoms with van der Waals surface area (Å²) in [5, 5.41) is 0. The minimum Gasteiger partial charge on any atom is -0.115 e. The molecule has 0 amide bonds. The van der Waals surface area contributed by atoms with E-state index < -0.39 is 0 Å². The van der Waals surface area contributed by atoms with Crippen molar-refractivity contribution in [1.82, 2.24) is 0 Å². The maximum Gasteiger partial charge on any atom is 0.0641 e. The summed E-state index contributed by atoms with van der Waals surface area (Å²) in [7, 11) is 0. The molecule has 0 aliphatic carbocycles. The van der Waals surface area contributed by atoms with Gasteiger partial charge in [0.05, 0.1) is 4.87 Å². The third-order valence-corrected chi connectivity index (χ3v) is 4.91. The topological polar surface area (TPSA) is 0 Å². The van der Waals surface area contributed by atoms with Crippen molar-refractivity contribution in [2.24, 2.45) is 0 Å². The highest BCUT2D eigenvalue weighted by Gasteiger charge is 2.19. The van der Waals surface area contributed by atoms with E-state index in [1.807, 2.05) is 0 Å². The molecular formula is C22H37Cl. The molecule has 0 aromatic heterocycles. The molecule has 1 aromatic carbocycles. The smallest absolute Gasteiger partial charge is 0.0641 e. The Bertz CT molecular complexity index is 403. The Balaban J connectivity index is 2.08. The van der Waals surface area contributed by atoms with Crippen molar-refractivity contribution < 1.29 is 0 Å². The zero-order valence-corrected chi connectivity index (χ0v) is 16.4. The fourth-order valence-corrected chi connectivity index (χ4v) is 3.48. The number of halogens is 1. The summed E-state index contributed by atoms with van der Waals surface area (Å²) >= 11 is 6.51. The summed E-state index contributed by atoms with van der Waals surface area (Å²) in [6.45, 7) is 6.47. The van der Waals surface area contributed by atoms with Crippen LogP contribution >= 0.6 is 11.6 Å². The average molecular weight is 337 g/mol. The van der Waals surface area contributed by atoms with Gasteiger partial charge in [-0.25, -0.2) is 0 Å². The Hall–Kier alpha value is -0.490. The summed E-state index contributed by atoms with van der Waals surface area (Å²) in [6, 6.07) is 8.67. The number of rotatable bonds is 13. The van der Waals surface area contributed by atoms with Crippen LogP contribution in [-0.4, -0.2) is 0 Å². The minimum absolute atomic E-state index is 0.256. The van der Waals surface area contributed by atoms with Gasteiger partial charge in [-0.2, -0.15) is 0 Å². The van der Waals surface area contributed by atoms with Crippen LogP contribution in [0.4, 0.5) is 0 Å². The van der Waals surface area contributed by atoms with Crippen LogP contribution in [0.3, 0.4) is 0 Å². The Morgan fingerprint density at radius 3 is 1.74 bits per heavy atom. The lowest BCUT2D eigenvalue weighted by Crippen LogP contribution is -2.10. The van der Waals surface area contributed by atoms with Crippen LogP contribution in [0.2, 0.25) is 0 Å². The Morgan fingerprint density at radius 2 is 1.22 bits per heavy atom. The maximum atomic E-state index is 6.51. The van der Waals surface area contributed by atoms with Gasteiger partial charge in [0.2, 0.25) is 0 Å². The Kier molecular flexibility index (Phi) is 10.7. The molecule has 0 spiro atoms. The second kappa shape index (κ2) is 12.0. The van der Waals surface area contributed by atoms with Crippen LogP contribution in [0, 0.1) is 0 Å². The number of hydrogen-bond donors (Lipinski definition) is 0. The molecule has 0 N–H and O–H groups in total. The molecule has 0 radical (unpaired) electrons. The van der Waals surface area contributed by atoms with Crippen LogP contribution in [-0.2, 0) is 11.3 Å². The lowest BCUT2D eigenvalue weighted by atomic mass is 9.93. The first-order valence-corrected chi connectivity index (χ1v) is 10.2. The van der Waals surface area contributed by atoms with E-state index in [4.69, 9.17) is 11.6 Å². The van der Waals surface area contributed by atoms with Gasteiger partial charge in [0, 0.05) is 0 Å². The normalized spacial score (nSPS) is 11.8. The van der Waals surface area contributed by atoms with E-state index in [0.29, 0.717) is 0 Å². The van der Waals surface area contributed by atoms with Crippen molar-refractivity contribution in [3.8, 4) is 0 Å². The van der Waals surface area contributed by atoms with Crippen molar-refractivity contribution in [2.45, 2.75) is 103 Å². The molecule has 0 atom stereocenters. The standard InChI is InChI=1S/C22H37Cl/c1-4-5-6-7-8-9-10-11-12-13-14-17-20-18-15-16-19-21(20)22(2,3)23/h15-16,18-19H,4-14,17H2,1-3H3. The number of unbranched alkanes of at least 4 members (excludes halogenated alkanes) is 10. The van der Waals surface area contributed by atoms with Gasteiger partial charge in [-0.05, 0) is 37.8 Å². The molecule has 0 bridgehead atoms. The molecule has 0 saturated carbocycles. The van der Waals surface area contributed by atoms with Gasteiger partial charge < -0.3 is 0 Å². The first kappa shape index (κ1) is 20.6. The third-order valence-electron chi connectivity index (χ3n) is 4.71. The predicted octanol–water partition coefficient (Wildman–Crippen LogP) is 8.01. The Morgan fingerprint density at radius 1 is 0.739 bits per heavy atom. The lowest BCUT2D eigenvalue weighted by molar-refractivity contribution is 0.549. The van der Waals surface area contributed by atoms with Gasteiger partial charge >= 0.3 is 0 Å². The first-order valence-electron chi connectivity index (χ1n) is 9.83. The van der Waals surface area contributed by atoms with Crippen molar-refractivity contribution in [3.63, 3.8) is 0 Å². The van der Waals surface area contributed by atoms with E-state index >= 15 is 0 Å². The van der Waals surface area contributed by atoms with Crippen molar-refractivity contribution >= 4 is 11.6 Å². The molecular weight excluding hydrogens is 300 g/mol. The zero-order valence-electron chi connectivity index (χ0n) is 15.7. The molecule has 1 heteroatoms. The minimum atomic E-state index is -0.256. The van der Waals surface area contributed by atoms with Gasteiger partial charge in [-0.3, -0.25) is 0 Å². The molecule has 0 heterocycles. The number of alkyl halides is 1. The highest BCUT2D eigenvalue weighted by Crippen LogP contribution is 2.31.